The Morgan fingerprint density at radius 2 is 1.92 bits per heavy atom. The Labute approximate surface area is 169 Å². The molecule has 5 heteroatoms. The third-order valence-electron chi connectivity index (χ3n) is 4.99. The van der Waals surface area contributed by atoms with Crippen LogP contribution >= 0.6 is 24.0 Å². The Hall–Kier alpha value is -0.980. The van der Waals surface area contributed by atoms with Gasteiger partial charge in [0.05, 0.1) is 0 Å². The molecule has 0 radical (unpaired) electrons. The number of ether oxygens (including phenoxy) is 1. The lowest BCUT2D eigenvalue weighted by Gasteiger charge is -2.34. The number of rotatable bonds is 6. The maximum absolute atomic E-state index is 6.10. The number of guanidine groups is 1. The summed E-state index contributed by atoms with van der Waals surface area (Å²) in [5, 5.41) is 3.70. The molecule has 1 aliphatic heterocycles. The van der Waals surface area contributed by atoms with Crippen LogP contribution in [0.1, 0.15) is 46.0 Å². The van der Waals surface area contributed by atoms with Crippen LogP contribution in [0.5, 0.6) is 5.75 Å². The third kappa shape index (κ3) is 6.04. The summed E-state index contributed by atoms with van der Waals surface area (Å²) in [6.45, 7) is 7.27. The number of para-hydroxylation sites is 1. The van der Waals surface area contributed by atoms with Crippen molar-refractivity contribution in [1.29, 1.82) is 0 Å². The van der Waals surface area contributed by atoms with E-state index in [-0.39, 0.29) is 24.0 Å². The maximum atomic E-state index is 6.10. The Balaban J connectivity index is 0.00000225. The summed E-state index contributed by atoms with van der Waals surface area (Å²) in [6.07, 6.45) is 6.37. The van der Waals surface area contributed by atoms with Crippen molar-refractivity contribution in [2.24, 2.45) is 10.9 Å². The summed E-state index contributed by atoms with van der Waals surface area (Å²) >= 11 is 0. The first-order valence-electron chi connectivity index (χ1n) is 9.57. The Morgan fingerprint density at radius 3 is 2.56 bits per heavy atom. The first kappa shape index (κ1) is 20.3. The van der Waals surface area contributed by atoms with Gasteiger partial charge in [-0.05, 0) is 37.8 Å². The summed E-state index contributed by atoms with van der Waals surface area (Å²) in [4.78, 5) is 7.13. The number of nitrogens with one attached hydrogen (secondary N) is 1. The average molecular weight is 457 g/mol. The van der Waals surface area contributed by atoms with Crippen molar-refractivity contribution in [3.05, 3.63) is 30.3 Å². The van der Waals surface area contributed by atoms with Gasteiger partial charge in [0.15, 0.2) is 5.96 Å². The summed E-state index contributed by atoms with van der Waals surface area (Å²) in [6, 6.07) is 10.8. The molecule has 2 aliphatic rings. The molecule has 2 atom stereocenters. The van der Waals surface area contributed by atoms with Crippen LogP contribution in [-0.2, 0) is 0 Å². The molecule has 1 N–H and O–H groups in total. The number of piperidine rings is 1. The van der Waals surface area contributed by atoms with Crippen LogP contribution < -0.4 is 10.1 Å². The van der Waals surface area contributed by atoms with Crippen molar-refractivity contribution in [3.8, 4) is 5.75 Å². The van der Waals surface area contributed by atoms with Gasteiger partial charge < -0.3 is 15.0 Å². The molecule has 3 rings (SSSR count). The van der Waals surface area contributed by atoms with Crippen molar-refractivity contribution >= 4 is 29.9 Å². The van der Waals surface area contributed by atoms with Crippen molar-refractivity contribution in [1.82, 2.24) is 10.2 Å². The van der Waals surface area contributed by atoms with Gasteiger partial charge in [0.25, 0.3) is 0 Å². The standard InChI is InChI=1S/C20H31N3O.HI/c1-3-8-16-15-19(16)22-20(21-4-2)23-13-11-18(12-14-23)24-17-9-6-5-7-10-17;/h5-7,9-10,16,18-19H,3-4,8,11-15H2,1-2H3,(H,21,22);1H. The summed E-state index contributed by atoms with van der Waals surface area (Å²) in [5.41, 5.74) is 0. The van der Waals surface area contributed by atoms with E-state index in [4.69, 9.17) is 9.73 Å². The average Bonchev–Trinajstić information content (AvgIpc) is 3.34. The Kier molecular flexibility index (Phi) is 8.33. The summed E-state index contributed by atoms with van der Waals surface area (Å²) < 4.78 is 6.10. The number of hydrogen-bond donors (Lipinski definition) is 1. The molecule has 0 aromatic heterocycles. The second-order valence-electron chi connectivity index (χ2n) is 6.95. The molecule has 0 spiro atoms. The van der Waals surface area contributed by atoms with Crippen LogP contribution in [-0.4, -0.2) is 42.6 Å². The minimum Gasteiger partial charge on any atom is -0.490 e. The maximum Gasteiger partial charge on any atom is 0.194 e. The topological polar surface area (TPSA) is 36.9 Å². The number of halogens is 1. The van der Waals surface area contributed by atoms with E-state index in [1.165, 1.54) is 19.3 Å². The molecule has 1 heterocycles. The zero-order valence-corrected chi connectivity index (χ0v) is 17.8. The van der Waals surface area contributed by atoms with Crippen LogP contribution in [0.15, 0.2) is 35.3 Å². The van der Waals surface area contributed by atoms with Gasteiger partial charge in [-0.2, -0.15) is 0 Å². The van der Waals surface area contributed by atoms with Gasteiger partial charge in [0.2, 0.25) is 0 Å². The van der Waals surface area contributed by atoms with Crippen LogP contribution in [0.4, 0.5) is 0 Å². The van der Waals surface area contributed by atoms with Gasteiger partial charge in [0, 0.05) is 38.5 Å². The number of benzene rings is 1. The summed E-state index contributed by atoms with van der Waals surface area (Å²) in [7, 11) is 0. The van der Waals surface area contributed by atoms with Gasteiger partial charge >= 0.3 is 0 Å². The molecule has 1 aromatic rings. The zero-order chi connectivity index (χ0) is 16.8. The molecule has 2 unspecified atom stereocenters. The molecular formula is C20H32IN3O. The SMILES string of the molecule is CCCC1CC1NC(=NCC)N1CCC(Oc2ccccc2)CC1.I. The lowest BCUT2D eigenvalue weighted by molar-refractivity contribution is 0.129. The van der Waals surface area contributed by atoms with Gasteiger partial charge in [-0.1, -0.05) is 31.5 Å². The molecule has 1 saturated heterocycles. The Morgan fingerprint density at radius 1 is 1.20 bits per heavy atom. The smallest absolute Gasteiger partial charge is 0.194 e. The molecule has 1 saturated carbocycles. The van der Waals surface area contributed by atoms with Crippen LogP contribution in [0, 0.1) is 5.92 Å². The predicted octanol–water partition coefficient (Wildman–Crippen LogP) is 4.30. The Bertz CT molecular complexity index is 529. The summed E-state index contributed by atoms with van der Waals surface area (Å²) in [5.74, 6) is 2.95. The quantitative estimate of drug-likeness (QED) is 0.393. The molecule has 25 heavy (non-hydrogen) atoms. The van der Waals surface area contributed by atoms with E-state index in [2.05, 4.69) is 24.1 Å². The largest absolute Gasteiger partial charge is 0.490 e. The fourth-order valence-corrected chi connectivity index (χ4v) is 3.54. The van der Waals surface area contributed by atoms with E-state index in [1.54, 1.807) is 0 Å². The second-order valence-corrected chi connectivity index (χ2v) is 6.95. The fourth-order valence-electron chi connectivity index (χ4n) is 3.54. The van der Waals surface area contributed by atoms with Gasteiger partial charge in [0.1, 0.15) is 11.9 Å². The number of nitrogens with zero attached hydrogens (tertiary/aromatic N) is 2. The highest BCUT2D eigenvalue weighted by molar-refractivity contribution is 14.0. The van der Waals surface area contributed by atoms with Crippen molar-refractivity contribution in [3.63, 3.8) is 0 Å². The van der Waals surface area contributed by atoms with Crippen LogP contribution in [0.25, 0.3) is 0 Å². The lowest BCUT2D eigenvalue weighted by Crippen LogP contribution is -2.48. The lowest BCUT2D eigenvalue weighted by atomic mass is 10.1. The van der Waals surface area contributed by atoms with Crippen molar-refractivity contribution in [2.75, 3.05) is 19.6 Å². The highest BCUT2D eigenvalue weighted by Crippen LogP contribution is 2.34. The van der Waals surface area contributed by atoms with E-state index in [0.29, 0.717) is 12.1 Å². The van der Waals surface area contributed by atoms with Crippen LogP contribution in [0.2, 0.25) is 0 Å². The minimum absolute atomic E-state index is 0. The zero-order valence-electron chi connectivity index (χ0n) is 15.5. The number of aliphatic imine (C=N–C) groups is 1. The van der Waals surface area contributed by atoms with Gasteiger partial charge in [-0.3, -0.25) is 4.99 Å². The molecule has 1 aliphatic carbocycles. The van der Waals surface area contributed by atoms with E-state index in [9.17, 15) is 0 Å². The van der Waals surface area contributed by atoms with Gasteiger partial charge in [-0.15, -0.1) is 24.0 Å². The molecule has 2 fully saturated rings. The monoisotopic (exact) mass is 457 g/mol. The van der Waals surface area contributed by atoms with E-state index >= 15 is 0 Å². The predicted molar refractivity (Wildman–Crippen MR) is 115 cm³/mol. The molecule has 0 amide bonds. The van der Waals surface area contributed by atoms with E-state index < -0.39 is 0 Å². The fraction of sp³-hybridized carbons (Fsp3) is 0.650. The molecule has 1 aromatic carbocycles. The van der Waals surface area contributed by atoms with E-state index in [1.807, 2.05) is 30.3 Å². The molecular weight excluding hydrogens is 425 g/mol. The number of likely N-dealkylation sites (tertiary alicyclic amines) is 1. The molecule has 0 bridgehead atoms. The third-order valence-corrected chi connectivity index (χ3v) is 4.99. The second kappa shape index (κ2) is 10.2. The normalized spacial score (nSPS) is 23.8. The minimum atomic E-state index is 0. The van der Waals surface area contributed by atoms with Crippen LogP contribution in [0.3, 0.4) is 0 Å². The highest BCUT2D eigenvalue weighted by Gasteiger charge is 2.37. The number of hydrogen-bond acceptors (Lipinski definition) is 2. The van der Waals surface area contributed by atoms with Crippen molar-refractivity contribution in [2.45, 2.75) is 58.1 Å². The first-order chi connectivity index (χ1) is 11.8. The van der Waals surface area contributed by atoms with Crippen molar-refractivity contribution < 1.29 is 4.74 Å². The van der Waals surface area contributed by atoms with Gasteiger partial charge in [-0.25, -0.2) is 0 Å². The molecule has 4 nitrogen and oxygen atoms in total. The first-order valence-corrected chi connectivity index (χ1v) is 9.57. The van der Waals surface area contributed by atoms with E-state index in [0.717, 1.165) is 50.1 Å². The molecule has 140 valence electrons. The highest BCUT2D eigenvalue weighted by atomic mass is 127.